The molecule has 0 aromatic carbocycles. The summed E-state index contributed by atoms with van der Waals surface area (Å²) in [6.07, 6.45) is 2.62. The number of likely N-dealkylation sites (tertiary alicyclic amines) is 1. The summed E-state index contributed by atoms with van der Waals surface area (Å²) in [6, 6.07) is 0.193. The first kappa shape index (κ1) is 15.4. The number of hydrogen-bond donors (Lipinski definition) is 3. The zero-order valence-electron chi connectivity index (χ0n) is 11.6. The summed E-state index contributed by atoms with van der Waals surface area (Å²) >= 11 is 0. The molecule has 1 heterocycles. The molecule has 0 aliphatic carbocycles. The highest BCUT2D eigenvalue weighted by Crippen LogP contribution is 2.07. The van der Waals surface area contributed by atoms with E-state index in [0.717, 1.165) is 19.6 Å². The number of amides is 1. The van der Waals surface area contributed by atoms with Crippen molar-refractivity contribution in [2.24, 2.45) is 0 Å². The van der Waals surface area contributed by atoms with Gasteiger partial charge in [-0.05, 0) is 39.8 Å². The molecule has 0 radical (unpaired) electrons. The first-order valence-electron chi connectivity index (χ1n) is 6.98. The van der Waals surface area contributed by atoms with Crippen molar-refractivity contribution >= 4 is 5.91 Å². The van der Waals surface area contributed by atoms with E-state index < -0.39 is 0 Å². The van der Waals surface area contributed by atoms with Gasteiger partial charge in [0.05, 0.1) is 6.10 Å². The maximum absolute atomic E-state index is 11.4. The molecule has 1 fully saturated rings. The highest BCUT2D eigenvalue weighted by molar-refractivity contribution is 5.76. The lowest BCUT2D eigenvalue weighted by Gasteiger charge is -2.19. The van der Waals surface area contributed by atoms with Crippen LogP contribution in [-0.4, -0.2) is 60.8 Å². The number of β-amino-alcohol motifs (C(OH)–C–C–N with tert-alkyl or cyclic N) is 1. The van der Waals surface area contributed by atoms with Gasteiger partial charge >= 0.3 is 0 Å². The molecule has 1 amide bonds. The molecule has 0 aromatic rings. The Morgan fingerprint density at radius 3 is 2.61 bits per heavy atom. The maximum Gasteiger partial charge on any atom is 0.221 e. The zero-order valence-corrected chi connectivity index (χ0v) is 11.6. The Bertz CT molecular complexity index is 240. The quantitative estimate of drug-likeness (QED) is 0.533. The molecule has 5 heteroatoms. The van der Waals surface area contributed by atoms with E-state index in [9.17, 15) is 9.90 Å². The van der Waals surface area contributed by atoms with Gasteiger partial charge in [0.25, 0.3) is 0 Å². The number of aliphatic hydroxyl groups excluding tert-OH is 1. The van der Waals surface area contributed by atoms with Crippen LogP contribution in [-0.2, 0) is 4.79 Å². The fourth-order valence-electron chi connectivity index (χ4n) is 2.19. The number of nitrogens with zero attached hydrogens (tertiary/aromatic N) is 1. The molecule has 0 bridgehead atoms. The van der Waals surface area contributed by atoms with Crippen LogP contribution in [0.25, 0.3) is 0 Å². The Balaban J connectivity index is 1.97. The van der Waals surface area contributed by atoms with Crippen molar-refractivity contribution in [3.05, 3.63) is 0 Å². The number of hydrogen-bond acceptors (Lipinski definition) is 4. The van der Waals surface area contributed by atoms with Gasteiger partial charge in [-0.3, -0.25) is 4.79 Å². The lowest BCUT2D eigenvalue weighted by atomic mass is 10.3. The summed E-state index contributed by atoms with van der Waals surface area (Å²) < 4.78 is 0. The van der Waals surface area contributed by atoms with Crippen LogP contribution in [0.1, 0.15) is 33.1 Å². The molecule has 1 atom stereocenters. The number of rotatable bonds is 8. The average Bonchev–Trinajstić information content (AvgIpc) is 2.76. The third kappa shape index (κ3) is 6.93. The Morgan fingerprint density at radius 1 is 1.33 bits per heavy atom. The number of carbonyl (C=O) groups is 1. The predicted octanol–water partition coefficient (Wildman–Crippen LogP) is -0.0526. The smallest absolute Gasteiger partial charge is 0.221 e. The lowest BCUT2D eigenvalue weighted by Crippen LogP contribution is -2.38. The summed E-state index contributed by atoms with van der Waals surface area (Å²) in [5, 5.41) is 15.8. The average molecular weight is 257 g/mol. The van der Waals surface area contributed by atoms with Gasteiger partial charge in [-0.15, -0.1) is 0 Å². The van der Waals surface area contributed by atoms with E-state index in [4.69, 9.17) is 0 Å². The van der Waals surface area contributed by atoms with E-state index in [1.54, 1.807) is 0 Å². The van der Waals surface area contributed by atoms with E-state index in [0.29, 0.717) is 19.5 Å². The molecule has 18 heavy (non-hydrogen) atoms. The zero-order chi connectivity index (χ0) is 13.4. The molecule has 106 valence electrons. The fraction of sp³-hybridized carbons (Fsp3) is 0.923. The van der Waals surface area contributed by atoms with Gasteiger partial charge in [0.1, 0.15) is 0 Å². The Hall–Kier alpha value is -0.650. The summed E-state index contributed by atoms with van der Waals surface area (Å²) in [5.74, 6) is 0.0616. The van der Waals surface area contributed by atoms with Crippen molar-refractivity contribution in [1.29, 1.82) is 0 Å². The molecular weight excluding hydrogens is 230 g/mol. The van der Waals surface area contributed by atoms with E-state index in [1.165, 1.54) is 12.8 Å². The van der Waals surface area contributed by atoms with Gasteiger partial charge < -0.3 is 20.6 Å². The molecule has 0 aromatic heterocycles. The number of nitrogens with one attached hydrogen (secondary N) is 2. The van der Waals surface area contributed by atoms with Gasteiger partial charge in [-0.1, -0.05) is 0 Å². The number of carbonyl (C=O) groups excluding carboxylic acids is 1. The third-order valence-electron chi connectivity index (χ3n) is 3.03. The van der Waals surface area contributed by atoms with Gasteiger partial charge in [-0.2, -0.15) is 0 Å². The van der Waals surface area contributed by atoms with Crippen molar-refractivity contribution in [1.82, 2.24) is 15.5 Å². The second kappa shape index (κ2) is 8.45. The minimum atomic E-state index is -0.337. The second-order valence-corrected chi connectivity index (χ2v) is 5.34. The first-order valence-corrected chi connectivity index (χ1v) is 6.98. The minimum Gasteiger partial charge on any atom is -0.390 e. The number of aliphatic hydroxyl groups is 1. The topological polar surface area (TPSA) is 64.6 Å². The molecule has 0 spiro atoms. The molecule has 1 aliphatic rings. The molecule has 3 N–H and O–H groups in total. The van der Waals surface area contributed by atoms with Gasteiger partial charge in [0, 0.05) is 32.1 Å². The largest absolute Gasteiger partial charge is 0.390 e. The summed E-state index contributed by atoms with van der Waals surface area (Å²) in [7, 11) is 0. The van der Waals surface area contributed by atoms with Crippen LogP contribution < -0.4 is 10.6 Å². The SMILES string of the molecule is CC(C)NC(=O)CCNCC(O)CN1CCCC1. The summed E-state index contributed by atoms with van der Waals surface area (Å²) in [6.45, 7) is 8.03. The van der Waals surface area contributed by atoms with E-state index in [2.05, 4.69) is 15.5 Å². The van der Waals surface area contributed by atoms with Crippen molar-refractivity contribution in [3.63, 3.8) is 0 Å². The first-order chi connectivity index (χ1) is 8.58. The van der Waals surface area contributed by atoms with Crippen LogP contribution in [0.4, 0.5) is 0 Å². The van der Waals surface area contributed by atoms with Crippen LogP contribution >= 0.6 is 0 Å². The van der Waals surface area contributed by atoms with E-state index in [-0.39, 0.29) is 18.1 Å². The van der Waals surface area contributed by atoms with Crippen LogP contribution in [0, 0.1) is 0 Å². The van der Waals surface area contributed by atoms with Crippen LogP contribution in [0.15, 0.2) is 0 Å². The van der Waals surface area contributed by atoms with Crippen molar-refractivity contribution in [2.75, 3.05) is 32.7 Å². The maximum atomic E-state index is 11.4. The van der Waals surface area contributed by atoms with Crippen LogP contribution in [0.2, 0.25) is 0 Å². The minimum absolute atomic E-state index is 0.0616. The fourth-order valence-corrected chi connectivity index (χ4v) is 2.19. The van der Waals surface area contributed by atoms with Crippen molar-refractivity contribution in [3.8, 4) is 0 Å². The highest BCUT2D eigenvalue weighted by Gasteiger charge is 2.15. The molecule has 1 unspecified atom stereocenters. The molecule has 0 saturated carbocycles. The Labute approximate surface area is 110 Å². The summed E-state index contributed by atoms with van der Waals surface area (Å²) in [5.41, 5.74) is 0. The molecule has 1 rings (SSSR count). The Morgan fingerprint density at radius 2 is 2.00 bits per heavy atom. The van der Waals surface area contributed by atoms with Gasteiger partial charge in [-0.25, -0.2) is 0 Å². The van der Waals surface area contributed by atoms with Crippen molar-refractivity contribution < 1.29 is 9.90 Å². The van der Waals surface area contributed by atoms with Gasteiger partial charge in [0.15, 0.2) is 0 Å². The standard InChI is InChI=1S/C13H27N3O2/c1-11(2)15-13(18)5-6-14-9-12(17)10-16-7-3-4-8-16/h11-12,14,17H,3-10H2,1-2H3,(H,15,18). The monoisotopic (exact) mass is 257 g/mol. The highest BCUT2D eigenvalue weighted by atomic mass is 16.3. The van der Waals surface area contributed by atoms with Crippen LogP contribution in [0.3, 0.4) is 0 Å². The molecular formula is C13H27N3O2. The predicted molar refractivity (Wildman–Crippen MR) is 72.4 cm³/mol. The van der Waals surface area contributed by atoms with Crippen LogP contribution in [0.5, 0.6) is 0 Å². The molecule has 1 saturated heterocycles. The third-order valence-corrected chi connectivity index (χ3v) is 3.03. The normalized spacial score (nSPS) is 18.2. The van der Waals surface area contributed by atoms with E-state index >= 15 is 0 Å². The lowest BCUT2D eigenvalue weighted by molar-refractivity contribution is -0.121. The van der Waals surface area contributed by atoms with E-state index in [1.807, 2.05) is 13.8 Å². The second-order valence-electron chi connectivity index (χ2n) is 5.34. The van der Waals surface area contributed by atoms with Crippen molar-refractivity contribution in [2.45, 2.75) is 45.3 Å². The molecule has 5 nitrogen and oxygen atoms in total. The molecule has 1 aliphatic heterocycles. The van der Waals surface area contributed by atoms with Gasteiger partial charge in [0.2, 0.25) is 5.91 Å². The summed E-state index contributed by atoms with van der Waals surface area (Å²) in [4.78, 5) is 13.6. The Kier molecular flexibility index (Phi) is 7.23.